The van der Waals surface area contributed by atoms with E-state index >= 15 is 0 Å². The van der Waals surface area contributed by atoms with Gasteiger partial charge in [0.15, 0.2) is 0 Å². The molecule has 1 unspecified atom stereocenters. The average molecular weight is 185 g/mol. The molecular weight excluding hydrogens is 158 g/mol. The van der Waals surface area contributed by atoms with E-state index in [1.165, 1.54) is 45.2 Å². The van der Waals surface area contributed by atoms with Gasteiger partial charge in [0.05, 0.1) is 0 Å². The molecule has 0 bridgehead atoms. The highest BCUT2D eigenvalue weighted by Gasteiger charge is 2.11. The van der Waals surface area contributed by atoms with Crippen molar-refractivity contribution in [3.8, 4) is 0 Å². The molecule has 0 spiro atoms. The van der Waals surface area contributed by atoms with Crippen LogP contribution in [0.2, 0.25) is 0 Å². The third kappa shape index (κ3) is 5.30. The summed E-state index contributed by atoms with van der Waals surface area (Å²) in [6, 6.07) is 0.835. The minimum absolute atomic E-state index is 0.835. The molecule has 0 aromatic rings. The third-order valence-corrected chi connectivity index (χ3v) is 2.94. The van der Waals surface area contributed by atoms with Crippen molar-refractivity contribution in [3.63, 3.8) is 0 Å². The van der Waals surface area contributed by atoms with E-state index in [4.69, 9.17) is 0 Å². The van der Waals surface area contributed by atoms with Crippen LogP contribution in [0.4, 0.5) is 0 Å². The number of unbranched alkanes of at least 4 members (excludes halogenated alkanes) is 2. The minimum Gasteiger partial charge on any atom is -0.301 e. The summed E-state index contributed by atoms with van der Waals surface area (Å²) in [5.41, 5.74) is 0. The Morgan fingerprint density at radius 3 is 1.92 bits per heavy atom. The van der Waals surface area contributed by atoms with Gasteiger partial charge < -0.3 is 4.90 Å². The van der Waals surface area contributed by atoms with Crippen molar-refractivity contribution in [2.75, 3.05) is 13.1 Å². The molecule has 0 heterocycles. The standard InChI is InChI=1S/C12H27N/c1-5-9-10-11-12(6-2)13(7-3)8-4/h12H,5-11H2,1-4H3. The Hall–Kier alpha value is -0.0400. The van der Waals surface area contributed by atoms with Gasteiger partial charge in [0.1, 0.15) is 0 Å². The Labute approximate surface area is 84.5 Å². The smallest absolute Gasteiger partial charge is 0.00924 e. The van der Waals surface area contributed by atoms with Gasteiger partial charge >= 0.3 is 0 Å². The number of hydrogen-bond acceptors (Lipinski definition) is 1. The quantitative estimate of drug-likeness (QED) is 0.521. The summed E-state index contributed by atoms with van der Waals surface area (Å²) >= 11 is 0. The van der Waals surface area contributed by atoms with E-state index in [-0.39, 0.29) is 0 Å². The second-order valence-electron chi connectivity index (χ2n) is 3.78. The summed E-state index contributed by atoms with van der Waals surface area (Å²) in [6.07, 6.45) is 6.86. The molecule has 0 N–H and O–H groups in total. The van der Waals surface area contributed by atoms with Crippen LogP contribution in [0.1, 0.15) is 59.8 Å². The van der Waals surface area contributed by atoms with Crippen LogP contribution in [-0.2, 0) is 0 Å². The molecule has 0 aliphatic heterocycles. The van der Waals surface area contributed by atoms with Gasteiger partial charge in [-0.15, -0.1) is 0 Å². The van der Waals surface area contributed by atoms with Crippen LogP contribution >= 0.6 is 0 Å². The Morgan fingerprint density at radius 2 is 1.54 bits per heavy atom. The molecule has 0 rings (SSSR count). The molecule has 1 nitrogen and oxygen atoms in total. The average Bonchev–Trinajstić information content (AvgIpc) is 2.17. The van der Waals surface area contributed by atoms with Crippen molar-refractivity contribution in [3.05, 3.63) is 0 Å². The maximum atomic E-state index is 2.59. The third-order valence-electron chi connectivity index (χ3n) is 2.94. The van der Waals surface area contributed by atoms with Crippen LogP contribution in [0.3, 0.4) is 0 Å². The van der Waals surface area contributed by atoms with Gasteiger partial charge in [-0.1, -0.05) is 47.0 Å². The van der Waals surface area contributed by atoms with Gasteiger partial charge in [0.2, 0.25) is 0 Å². The van der Waals surface area contributed by atoms with Crippen LogP contribution in [0.5, 0.6) is 0 Å². The van der Waals surface area contributed by atoms with Crippen LogP contribution in [0, 0.1) is 0 Å². The van der Waals surface area contributed by atoms with Gasteiger partial charge in [-0.25, -0.2) is 0 Å². The molecule has 0 aliphatic rings. The first-order valence-electron chi connectivity index (χ1n) is 6.04. The first kappa shape index (κ1) is 13.0. The molecule has 0 aromatic heterocycles. The molecule has 0 aliphatic carbocycles. The fraction of sp³-hybridized carbons (Fsp3) is 1.00. The van der Waals surface area contributed by atoms with Gasteiger partial charge in [-0.2, -0.15) is 0 Å². The van der Waals surface area contributed by atoms with Gasteiger partial charge in [0.25, 0.3) is 0 Å². The zero-order valence-electron chi connectivity index (χ0n) is 9.97. The Balaban J connectivity index is 3.71. The largest absolute Gasteiger partial charge is 0.301 e. The van der Waals surface area contributed by atoms with Crippen molar-refractivity contribution in [1.29, 1.82) is 0 Å². The molecule has 1 atom stereocenters. The molecule has 80 valence electrons. The molecule has 1 heteroatoms. The van der Waals surface area contributed by atoms with E-state index in [0.717, 1.165) is 6.04 Å². The normalized spacial score (nSPS) is 13.6. The van der Waals surface area contributed by atoms with E-state index in [1.54, 1.807) is 0 Å². The summed E-state index contributed by atoms with van der Waals surface area (Å²) in [7, 11) is 0. The summed E-state index contributed by atoms with van der Waals surface area (Å²) in [6.45, 7) is 11.5. The molecule has 0 fully saturated rings. The first-order valence-corrected chi connectivity index (χ1v) is 6.04. The Bertz CT molecular complexity index is 97.3. The lowest BCUT2D eigenvalue weighted by Crippen LogP contribution is -2.34. The van der Waals surface area contributed by atoms with Crippen LogP contribution in [0.25, 0.3) is 0 Å². The Kier molecular flexibility index (Phi) is 8.53. The van der Waals surface area contributed by atoms with Crippen molar-refractivity contribution in [2.24, 2.45) is 0 Å². The SMILES string of the molecule is CCCCCC(CC)N(CC)CC. The van der Waals surface area contributed by atoms with E-state index in [0.29, 0.717) is 0 Å². The van der Waals surface area contributed by atoms with E-state index < -0.39 is 0 Å². The van der Waals surface area contributed by atoms with Crippen LogP contribution in [0.15, 0.2) is 0 Å². The van der Waals surface area contributed by atoms with Gasteiger partial charge in [-0.05, 0) is 25.9 Å². The molecule has 0 aromatic carbocycles. The zero-order chi connectivity index (χ0) is 10.1. The van der Waals surface area contributed by atoms with Gasteiger partial charge in [-0.3, -0.25) is 0 Å². The molecule has 0 saturated heterocycles. The molecule has 0 amide bonds. The van der Waals surface area contributed by atoms with Gasteiger partial charge in [0, 0.05) is 6.04 Å². The topological polar surface area (TPSA) is 3.24 Å². The summed E-state index contributed by atoms with van der Waals surface area (Å²) < 4.78 is 0. The maximum absolute atomic E-state index is 2.59. The summed E-state index contributed by atoms with van der Waals surface area (Å²) in [4.78, 5) is 2.59. The number of hydrogen-bond donors (Lipinski definition) is 0. The number of rotatable bonds is 8. The first-order chi connectivity index (χ1) is 6.29. The fourth-order valence-corrected chi connectivity index (χ4v) is 2.01. The van der Waals surface area contributed by atoms with Crippen molar-refractivity contribution in [1.82, 2.24) is 4.90 Å². The highest BCUT2D eigenvalue weighted by Crippen LogP contribution is 2.12. The Morgan fingerprint density at radius 1 is 0.923 bits per heavy atom. The molecular formula is C12H27N. The highest BCUT2D eigenvalue weighted by molar-refractivity contribution is 4.67. The predicted octanol–water partition coefficient (Wildman–Crippen LogP) is 3.69. The van der Waals surface area contributed by atoms with Crippen LogP contribution in [-0.4, -0.2) is 24.0 Å². The molecule has 0 radical (unpaired) electrons. The lowest BCUT2D eigenvalue weighted by molar-refractivity contribution is 0.197. The maximum Gasteiger partial charge on any atom is 0.00924 e. The predicted molar refractivity (Wildman–Crippen MR) is 61.1 cm³/mol. The van der Waals surface area contributed by atoms with E-state index in [1.807, 2.05) is 0 Å². The summed E-state index contributed by atoms with van der Waals surface area (Å²) in [5, 5.41) is 0. The fourth-order valence-electron chi connectivity index (χ4n) is 2.01. The highest BCUT2D eigenvalue weighted by atomic mass is 15.1. The summed E-state index contributed by atoms with van der Waals surface area (Å²) in [5.74, 6) is 0. The second-order valence-corrected chi connectivity index (χ2v) is 3.78. The zero-order valence-corrected chi connectivity index (χ0v) is 9.97. The lowest BCUT2D eigenvalue weighted by atomic mass is 10.0. The van der Waals surface area contributed by atoms with E-state index in [2.05, 4.69) is 32.6 Å². The van der Waals surface area contributed by atoms with E-state index in [9.17, 15) is 0 Å². The van der Waals surface area contributed by atoms with Crippen molar-refractivity contribution < 1.29 is 0 Å². The number of nitrogens with zero attached hydrogens (tertiary/aromatic N) is 1. The van der Waals surface area contributed by atoms with Crippen LogP contribution < -0.4 is 0 Å². The lowest BCUT2D eigenvalue weighted by Gasteiger charge is -2.28. The second kappa shape index (κ2) is 8.55. The minimum atomic E-state index is 0.835. The van der Waals surface area contributed by atoms with Crippen molar-refractivity contribution >= 4 is 0 Å². The molecule has 0 saturated carbocycles. The monoisotopic (exact) mass is 185 g/mol. The molecule has 13 heavy (non-hydrogen) atoms. The van der Waals surface area contributed by atoms with Crippen molar-refractivity contribution in [2.45, 2.75) is 65.8 Å².